The zero-order valence-electron chi connectivity index (χ0n) is 6.86. The Bertz CT molecular complexity index is 303. The highest BCUT2D eigenvalue weighted by atomic mass is 32.7. The third kappa shape index (κ3) is 1.57. The van der Waals surface area contributed by atoms with Crippen LogP contribution in [0, 0.1) is 0 Å². The van der Waals surface area contributed by atoms with Crippen molar-refractivity contribution in [3.63, 3.8) is 0 Å². The van der Waals surface area contributed by atoms with Crippen LogP contribution in [0.5, 0.6) is 0 Å². The lowest BCUT2D eigenvalue weighted by Crippen LogP contribution is -1.93. The highest BCUT2D eigenvalue weighted by Crippen LogP contribution is 2.34. The molecule has 0 radical (unpaired) electrons. The van der Waals surface area contributed by atoms with Crippen LogP contribution in [0.25, 0.3) is 0 Å². The SMILES string of the molecule is [S-][P+]1=C(c2ccccc2)CCC1. The van der Waals surface area contributed by atoms with Crippen LogP contribution >= 0.6 is 6.75 Å². The highest BCUT2D eigenvalue weighted by Gasteiger charge is 2.16. The van der Waals surface area contributed by atoms with Crippen LogP contribution in [0.1, 0.15) is 18.4 Å². The molecule has 0 aromatic heterocycles. The van der Waals surface area contributed by atoms with Gasteiger partial charge >= 0.3 is 0 Å². The van der Waals surface area contributed by atoms with Gasteiger partial charge in [-0.1, -0.05) is 30.3 Å². The Morgan fingerprint density at radius 1 is 1.17 bits per heavy atom. The lowest BCUT2D eigenvalue weighted by Gasteiger charge is -1.98. The van der Waals surface area contributed by atoms with Crippen LogP contribution in [0.3, 0.4) is 0 Å². The molecule has 0 saturated heterocycles. The maximum absolute atomic E-state index is 5.43. The van der Waals surface area contributed by atoms with Gasteiger partial charge in [0.1, 0.15) is 5.29 Å². The van der Waals surface area contributed by atoms with E-state index in [4.69, 9.17) is 12.2 Å². The summed E-state index contributed by atoms with van der Waals surface area (Å²) in [6, 6.07) is 10.6. The Morgan fingerprint density at radius 3 is 2.50 bits per heavy atom. The van der Waals surface area contributed by atoms with Gasteiger partial charge in [-0.25, -0.2) is 0 Å². The van der Waals surface area contributed by atoms with Crippen molar-refractivity contribution in [1.82, 2.24) is 0 Å². The van der Waals surface area contributed by atoms with E-state index in [1.807, 2.05) is 0 Å². The smallest absolute Gasteiger partial charge is 0.105 e. The molecule has 0 nitrogen and oxygen atoms in total. The molecule has 12 heavy (non-hydrogen) atoms. The maximum Gasteiger partial charge on any atom is 0.105 e. The average molecular weight is 194 g/mol. The van der Waals surface area contributed by atoms with E-state index in [1.54, 1.807) is 5.29 Å². The number of benzene rings is 1. The highest BCUT2D eigenvalue weighted by molar-refractivity contribution is 8.32. The third-order valence-electron chi connectivity index (χ3n) is 2.18. The molecule has 1 atom stereocenters. The Labute approximate surface area is 79.5 Å². The molecule has 1 aliphatic rings. The summed E-state index contributed by atoms with van der Waals surface area (Å²) >= 11 is 5.43. The van der Waals surface area contributed by atoms with Crippen molar-refractivity contribution in [2.45, 2.75) is 12.8 Å². The van der Waals surface area contributed by atoms with Gasteiger partial charge in [-0.3, -0.25) is 0 Å². The third-order valence-corrected chi connectivity index (χ3v) is 5.20. The summed E-state index contributed by atoms with van der Waals surface area (Å²) < 4.78 is 0. The first kappa shape index (κ1) is 8.34. The van der Waals surface area contributed by atoms with E-state index in [0.29, 0.717) is 0 Å². The second kappa shape index (κ2) is 3.64. The minimum absolute atomic E-state index is 0.205. The molecule has 1 aliphatic heterocycles. The fourth-order valence-electron chi connectivity index (χ4n) is 1.57. The monoisotopic (exact) mass is 194 g/mol. The second-order valence-corrected chi connectivity index (χ2v) is 6.08. The van der Waals surface area contributed by atoms with E-state index in [0.717, 1.165) is 0 Å². The van der Waals surface area contributed by atoms with E-state index in [2.05, 4.69) is 30.3 Å². The number of hydrogen-bond donors (Lipinski definition) is 0. The molecule has 62 valence electrons. The lowest BCUT2D eigenvalue weighted by molar-refractivity contribution is 1.04. The summed E-state index contributed by atoms with van der Waals surface area (Å²) in [5.41, 5.74) is 1.39. The molecular weight excluding hydrogens is 183 g/mol. The first-order chi connectivity index (χ1) is 5.88. The summed E-state index contributed by atoms with van der Waals surface area (Å²) in [6.07, 6.45) is 3.80. The molecule has 1 aromatic carbocycles. The van der Waals surface area contributed by atoms with Crippen LogP contribution in [0.2, 0.25) is 0 Å². The van der Waals surface area contributed by atoms with Gasteiger partial charge in [-0.05, 0) is 13.2 Å². The fraction of sp³-hybridized carbons (Fsp3) is 0.300. The molecule has 0 bridgehead atoms. The summed E-state index contributed by atoms with van der Waals surface area (Å²) in [7, 11) is 0. The molecule has 0 spiro atoms. The second-order valence-electron chi connectivity index (χ2n) is 3.02. The predicted molar refractivity (Wildman–Crippen MR) is 58.9 cm³/mol. The molecule has 0 saturated carbocycles. The van der Waals surface area contributed by atoms with Crippen LogP contribution in [-0.4, -0.2) is 11.5 Å². The lowest BCUT2D eigenvalue weighted by atomic mass is 10.1. The normalized spacial score (nSPS) is 20.1. The van der Waals surface area contributed by atoms with Crippen LogP contribution in [0.4, 0.5) is 0 Å². The van der Waals surface area contributed by atoms with E-state index in [9.17, 15) is 0 Å². The first-order valence-electron chi connectivity index (χ1n) is 4.24. The number of rotatable bonds is 1. The van der Waals surface area contributed by atoms with E-state index in [-0.39, 0.29) is 6.75 Å². The summed E-state index contributed by atoms with van der Waals surface area (Å²) in [4.78, 5) is 0. The zero-order valence-corrected chi connectivity index (χ0v) is 8.57. The predicted octanol–water partition coefficient (Wildman–Crippen LogP) is 2.94. The Balaban J connectivity index is 2.37. The summed E-state index contributed by atoms with van der Waals surface area (Å²) in [6.45, 7) is -0.205. The average Bonchev–Trinajstić information content (AvgIpc) is 2.53. The van der Waals surface area contributed by atoms with Crippen molar-refractivity contribution in [2.24, 2.45) is 0 Å². The maximum atomic E-state index is 5.43. The van der Waals surface area contributed by atoms with E-state index >= 15 is 0 Å². The molecular formula is C10H11PS. The largest absolute Gasteiger partial charge is 0.493 e. The van der Waals surface area contributed by atoms with Crippen molar-refractivity contribution < 1.29 is 0 Å². The van der Waals surface area contributed by atoms with Gasteiger partial charge in [-0.2, -0.15) is 0 Å². The van der Waals surface area contributed by atoms with E-state index in [1.165, 1.54) is 24.6 Å². The van der Waals surface area contributed by atoms with Crippen molar-refractivity contribution in [2.75, 3.05) is 6.16 Å². The van der Waals surface area contributed by atoms with Crippen LogP contribution < -0.4 is 0 Å². The minimum Gasteiger partial charge on any atom is -0.493 e. The van der Waals surface area contributed by atoms with Crippen molar-refractivity contribution in [3.05, 3.63) is 35.9 Å². The Hall–Kier alpha value is -0.260. The van der Waals surface area contributed by atoms with Gasteiger partial charge in [0, 0.05) is 12.0 Å². The standard InChI is InChI=1S/C10H11PS/c12-11-8-4-7-10(11)9-5-2-1-3-6-9/h1-3,5-6H,4,7-8H2. The molecule has 1 heterocycles. The Kier molecular flexibility index (Phi) is 2.53. The van der Waals surface area contributed by atoms with E-state index < -0.39 is 0 Å². The van der Waals surface area contributed by atoms with Crippen LogP contribution in [0.15, 0.2) is 30.3 Å². The first-order valence-corrected chi connectivity index (χ1v) is 6.78. The van der Waals surface area contributed by atoms with Gasteiger partial charge in [0.25, 0.3) is 0 Å². The quantitative estimate of drug-likeness (QED) is 0.489. The molecule has 0 fully saturated rings. The molecule has 1 unspecified atom stereocenters. The van der Waals surface area contributed by atoms with Crippen LogP contribution in [-0.2, 0) is 12.2 Å². The minimum atomic E-state index is -0.205. The van der Waals surface area contributed by atoms with Crippen molar-refractivity contribution in [3.8, 4) is 0 Å². The van der Waals surface area contributed by atoms with Gasteiger partial charge in [0.2, 0.25) is 0 Å². The van der Waals surface area contributed by atoms with Gasteiger partial charge in [0.15, 0.2) is 0 Å². The molecule has 0 amide bonds. The molecule has 0 N–H and O–H groups in total. The topological polar surface area (TPSA) is 0 Å². The molecule has 2 rings (SSSR count). The van der Waals surface area contributed by atoms with Crippen molar-refractivity contribution >= 4 is 24.3 Å². The zero-order chi connectivity index (χ0) is 8.39. The van der Waals surface area contributed by atoms with Gasteiger partial charge < -0.3 is 12.2 Å². The number of hydrogen-bond acceptors (Lipinski definition) is 1. The molecule has 2 heteroatoms. The summed E-state index contributed by atoms with van der Waals surface area (Å²) in [5.74, 6) is 0. The Morgan fingerprint density at radius 2 is 1.92 bits per heavy atom. The van der Waals surface area contributed by atoms with Gasteiger partial charge in [0.05, 0.1) is 6.16 Å². The fourth-order valence-corrected chi connectivity index (χ4v) is 4.11. The molecule has 0 aliphatic carbocycles. The molecule has 1 aromatic rings. The van der Waals surface area contributed by atoms with Crippen molar-refractivity contribution in [1.29, 1.82) is 0 Å². The summed E-state index contributed by atoms with van der Waals surface area (Å²) in [5, 5.41) is 1.54. The van der Waals surface area contributed by atoms with Gasteiger partial charge in [-0.15, -0.1) is 0 Å².